The third-order valence-corrected chi connectivity index (χ3v) is 5.30. The Morgan fingerprint density at radius 1 is 0.567 bits per heavy atom. The highest BCUT2D eigenvalue weighted by molar-refractivity contribution is 5.70. The van der Waals surface area contributed by atoms with Gasteiger partial charge in [0.05, 0.1) is 7.11 Å². The maximum Gasteiger partial charge on any atom is 0.140 e. The predicted octanol–water partition coefficient (Wildman–Crippen LogP) is 6.15. The topological polar surface area (TPSA) is 29.5 Å². The maximum atomic E-state index is 11.8. The summed E-state index contributed by atoms with van der Waals surface area (Å²) < 4.78 is 5.20. The summed E-state index contributed by atoms with van der Waals surface area (Å²) in [6.45, 7) is 0. The second-order valence-corrected chi connectivity index (χ2v) is 7.17. The molecule has 0 aliphatic rings. The molecule has 0 fully saturated rings. The van der Waals surface area contributed by atoms with Gasteiger partial charge in [-0.15, -0.1) is 0 Å². The molecular formula is C28H24O2. The van der Waals surface area contributed by atoms with E-state index in [0.29, 0.717) is 0 Å². The highest BCUT2D eigenvalue weighted by Crippen LogP contribution is 2.36. The van der Waals surface area contributed by atoms with Crippen molar-refractivity contribution in [2.45, 2.75) is 5.60 Å². The van der Waals surface area contributed by atoms with E-state index in [2.05, 4.69) is 12.2 Å². The number of benzene rings is 4. The van der Waals surface area contributed by atoms with Crippen LogP contribution in [0.15, 0.2) is 109 Å². The minimum absolute atomic E-state index is 0.835. The second kappa shape index (κ2) is 8.81. The molecule has 4 rings (SSSR count). The average molecular weight is 392 g/mol. The Morgan fingerprint density at radius 3 is 1.40 bits per heavy atom. The number of rotatable bonds is 6. The maximum absolute atomic E-state index is 11.8. The van der Waals surface area contributed by atoms with Crippen LogP contribution in [0.25, 0.3) is 12.2 Å². The third kappa shape index (κ3) is 4.05. The molecule has 0 radical (unpaired) electrons. The number of hydrogen-bond donors (Lipinski definition) is 1. The van der Waals surface area contributed by atoms with Gasteiger partial charge in [0, 0.05) is 0 Å². The Hall–Kier alpha value is -3.62. The summed E-state index contributed by atoms with van der Waals surface area (Å²) in [6, 6.07) is 35.6. The molecule has 1 N–H and O–H groups in total. The van der Waals surface area contributed by atoms with Crippen LogP contribution in [0.3, 0.4) is 0 Å². The van der Waals surface area contributed by atoms with Crippen LogP contribution in [0.1, 0.15) is 27.8 Å². The minimum atomic E-state index is -1.21. The van der Waals surface area contributed by atoms with Crippen LogP contribution in [0, 0.1) is 0 Å². The van der Waals surface area contributed by atoms with Gasteiger partial charge in [0.15, 0.2) is 0 Å². The van der Waals surface area contributed by atoms with Crippen LogP contribution in [0.2, 0.25) is 0 Å². The van der Waals surface area contributed by atoms with Gasteiger partial charge in [-0.25, -0.2) is 0 Å². The van der Waals surface area contributed by atoms with Gasteiger partial charge in [0.25, 0.3) is 0 Å². The number of hydrogen-bond acceptors (Lipinski definition) is 2. The van der Waals surface area contributed by atoms with Crippen LogP contribution in [-0.2, 0) is 5.60 Å². The molecule has 0 spiro atoms. The van der Waals surface area contributed by atoms with Crippen molar-refractivity contribution in [2.24, 2.45) is 0 Å². The van der Waals surface area contributed by atoms with Crippen molar-refractivity contribution in [3.63, 3.8) is 0 Å². The summed E-state index contributed by atoms with van der Waals surface area (Å²) in [5.41, 5.74) is 3.49. The summed E-state index contributed by atoms with van der Waals surface area (Å²) in [4.78, 5) is 0. The van der Waals surface area contributed by atoms with E-state index in [1.165, 1.54) is 0 Å². The molecular weight excluding hydrogens is 368 g/mol. The van der Waals surface area contributed by atoms with E-state index in [1.54, 1.807) is 7.11 Å². The molecule has 0 bridgehead atoms. The highest BCUT2D eigenvalue weighted by atomic mass is 16.5. The summed E-state index contributed by atoms with van der Waals surface area (Å²) in [6.07, 6.45) is 4.13. The number of methoxy groups -OCH3 is 1. The fourth-order valence-corrected chi connectivity index (χ4v) is 3.60. The zero-order valence-electron chi connectivity index (χ0n) is 16.9. The largest absolute Gasteiger partial charge is 0.497 e. The van der Waals surface area contributed by atoms with Gasteiger partial charge in [-0.2, -0.15) is 0 Å². The molecule has 4 aromatic rings. The Kier molecular flexibility index (Phi) is 5.78. The quantitative estimate of drug-likeness (QED) is 0.315. The molecule has 0 aliphatic carbocycles. The number of ether oxygens (including phenoxy) is 1. The summed E-state index contributed by atoms with van der Waals surface area (Å²) in [5.74, 6) is 0.845. The first-order valence-corrected chi connectivity index (χ1v) is 9.96. The first-order chi connectivity index (χ1) is 14.7. The van der Waals surface area contributed by atoms with E-state index in [0.717, 1.165) is 33.6 Å². The van der Waals surface area contributed by atoms with E-state index >= 15 is 0 Å². The average Bonchev–Trinajstić information content (AvgIpc) is 2.84. The standard InChI is InChI=1S/C28H24O2/c1-30-27-20-16-23(17-21-27)13-12-22-14-18-26(19-15-22)28(29,24-8-4-2-5-9-24)25-10-6-3-7-11-25/h2-21,29H,1H3/b13-12+. The highest BCUT2D eigenvalue weighted by Gasteiger charge is 2.33. The molecule has 0 heterocycles. The summed E-state index contributed by atoms with van der Waals surface area (Å²) in [5, 5.41) is 11.8. The Bertz CT molecular complexity index is 1060. The smallest absolute Gasteiger partial charge is 0.140 e. The molecule has 30 heavy (non-hydrogen) atoms. The van der Waals surface area contributed by atoms with E-state index in [4.69, 9.17) is 4.74 Å². The minimum Gasteiger partial charge on any atom is -0.497 e. The normalized spacial score (nSPS) is 11.5. The van der Waals surface area contributed by atoms with E-state index in [1.807, 2.05) is 109 Å². The van der Waals surface area contributed by atoms with Crippen LogP contribution in [0.4, 0.5) is 0 Å². The Balaban J connectivity index is 1.65. The van der Waals surface area contributed by atoms with Crippen molar-refractivity contribution in [2.75, 3.05) is 7.11 Å². The Morgan fingerprint density at radius 2 is 0.967 bits per heavy atom. The molecule has 0 saturated carbocycles. The second-order valence-electron chi connectivity index (χ2n) is 7.17. The summed E-state index contributed by atoms with van der Waals surface area (Å²) >= 11 is 0. The zero-order chi connectivity index (χ0) is 20.8. The van der Waals surface area contributed by atoms with Gasteiger partial charge < -0.3 is 9.84 Å². The SMILES string of the molecule is COc1ccc(/C=C/c2ccc(C(O)(c3ccccc3)c3ccccc3)cc2)cc1. The first kappa shape index (κ1) is 19.7. The van der Waals surface area contributed by atoms with Gasteiger partial charge in [-0.3, -0.25) is 0 Å². The molecule has 4 aromatic carbocycles. The van der Waals surface area contributed by atoms with Crippen molar-refractivity contribution in [3.05, 3.63) is 137 Å². The monoisotopic (exact) mass is 392 g/mol. The van der Waals surface area contributed by atoms with Crippen LogP contribution < -0.4 is 4.74 Å². The third-order valence-electron chi connectivity index (χ3n) is 5.30. The van der Waals surface area contributed by atoms with Crippen molar-refractivity contribution >= 4 is 12.2 Å². The number of aliphatic hydroxyl groups is 1. The van der Waals surface area contributed by atoms with Gasteiger partial charge in [-0.05, 0) is 39.9 Å². The van der Waals surface area contributed by atoms with Crippen molar-refractivity contribution in [3.8, 4) is 5.75 Å². The molecule has 0 amide bonds. The van der Waals surface area contributed by atoms with Crippen molar-refractivity contribution < 1.29 is 9.84 Å². The van der Waals surface area contributed by atoms with Gasteiger partial charge >= 0.3 is 0 Å². The van der Waals surface area contributed by atoms with Gasteiger partial charge in [-0.1, -0.05) is 109 Å². The molecule has 2 heteroatoms. The molecule has 148 valence electrons. The summed E-state index contributed by atoms with van der Waals surface area (Å²) in [7, 11) is 1.67. The molecule has 0 atom stereocenters. The lowest BCUT2D eigenvalue weighted by Crippen LogP contribution is -2.28. The Labute approximate surface area is 177 Å². The van der Waals surface area contributed by atoms with Crippen molar-refractivity contribution in [1.82, 2.24) is 0 Å². The molecule has 0 aromatic heterocycles. The lowest BCUT2D eigenvalue weighted by Gasteiger charge is -2.30. The van der Waals surface area contributed by atoms with Gasteiger partial charge in [0.2, 0.25) is 0 Å². The van der Waals surface area contributed by atoms with E-state index < -0.39 is 5.60 Å². The van der Waals surface area contributed by atoms with E-state index in [9.17, 15) is 5.11 Å². The molecule has 0 aliphatic heterocycles. The molecule has 2 nitrogen and oxygen atoms in total. The van der Waals surface area contributed by atoms with Crippen LogP contribution in [0.5, 0.6) is 5.75 Å². The molecule has 0 unspecified atom stereocenters. The predicted molar refractivity (Wildman–Crippen MR) is 123 cm³/mol. The lowest BCUT2D eigenvalue weighted by atomic mass is 9.80. The van der Waals surface area contributed by atoms with E-state index in [-0.39, 0.29) is 0 Å². The van der Waals surface area contributed by atoms with Crippen LogP contribution >= 0.6 is 0 Å². The van der Waals surface area contributed by atoms with Gasteiger partial charge in [0.1, 0.15) is 11.4 Å². The fraction of sp³-hybridized carbons (Fsp3) is 0.0714. The van der Waals surface area contributed by atoms with Crippen molar-refractivity contribution in [1.29, 1.82) is 0 Å². The molecule has 0 saturated heterocycles. The zero-order valence-corrected chi connectivity index (χ0v) is 16.9. The van der Waals surface area contributed by atoms with Crippen LogP contribution in [-0.4, -0.2) is 12.2 Å². The fourth-order valence-electron chi connectivity index (χ4n) is 3.60. The first-order valence-electron chi connectivity index (χ1n) is 9.96. The lowest BCUT2D eigenvalue weighted by molar-refractivity contribution is 0.125.